The molecule has 3 rings (SSSR count). The third kappa shape index (κ3) is 2.92. The molecule has 6 nitrogen and oxygen atoms in total. The van der Waals surface area contributed by atoms with Gasteiger partial charge in [-0.15, -0.1) is 0 Å². The zero-order valence-corrected chi connectivity index (χ0v) is 12.4. The Morgan fingerprint density at radius 3 is 3.14 bits per heavy atom. The first-order valence-electron chi connectivity index (χ1n) is 7.30. The molecule has 0 bridgehead atoms. The number of nitrogens with one attached hydrogen (secondary N) is 2. The van der Waals surface area contributed by atoms with E-state index < -0.39 is 0 Å². The van der Waals surface area contributed by atoms with Gasteiger partial charge < -0.3 is 10.6 Å². The van der Waals surface area contributed by atoms with Crippen molar-refractivity contribution in [1.29, 1.82) is 0 Å². The van der Waals surface area contributed by atoms with Crippen molar-refractivity contribution in [3.05, 3.63) is 57.7 Å². The molecule has 0 fully saturated rings. The van der Waals surface area contributed by atoms with E-state index in [0.29, 0.717) is 12.2 Å². The molecule has 0 unspecified atom stereocenters. The molecular weight excluding hydrogens is 280 g/mol. The number of carbonyl (C=O) groups is 1. The molecule has 2 aromatic rings. The fraction of sp³-hybridized carbons (Fsp3) is 0.312. The Labute approximate surface area is 127 Å². The lowest BCUT2D eigenvalue weighted by molar-refractivity contribution is 0.0954. The van der Waals surface area contributed by atoms with Crippen LogP contribution in [0.1, 0.15) is 22.3 Å². The van der Waals surface area contributed by atoms with Gasteiger partial charge in [0.05, 0.1) is 0 Å². The first-order valence-corrected chi connectivity index (χ1v) is 7.30. The van der Waals surface area contributed by atoms with Crippen LogP contribution in [0.4, 0.5) is 0 Å². The van der Waals surface area contributed by atoms with Gasteiger partial charge in [0, 0.05) is 25.5 Å². The van der Waals surface area contributed by atoms with E-state index in [1.165, 1.54) is 16.2 Å². The van der Waals surface area contributed by atoms with Gasteiger partial charge >= 0.3 is 0 Å². The second kappa shape index (κ2) is 6.11. The van der Waals surface area contributed by atoms with Crippen LogP contribution in [0.5, 0.6) is 0 Å². The Morgan fingerprint density at radius 1 is 1.50 bits per heavy atom. The van der Waals surface area contributed by atoms with Crippen LogP contribution in [-0.2, 0) is 0 Å². The van der Waals surface area contributed by atoms with Crippen LogP contribution in [0.25, 0.3) is 5.65 Å². The highest BCUT2D eigenvalue weighted by Crippen LogP contribution is 2.04. The van der Waals surface area contributed by atoms with Gasteiger partial charge in [0.1, 0.15) is 11.2 Å². The van der Waals surface area contributed by atoms with Crippen molar-refractivity contribution in [3.8, 4) is 0 Å². The maximum atomic E-state index is 12.4. The lowest BCUT2D eigenvalue weighted by Gasteiger charge is -2.14. The Bertz CT molecular complexity index is 807. The average molecular weight is 298 g/mol. The zero-order valence-electron chi connectivity index (χ0n) is 12.4. The molecule has 0 atom stereocenters. The average Bonchev–Trinajstić information content (AvgIpc) is 2.54. The van der Waals surface area contributed by atoms with Gasteiger partial charge in [-0.05, 0) is 37.6 Å². The van der Waals surface area contributed by atoms with Gasteiger partial charge in [-0.3, -0.25) is 14.0 Å². The van der Waals surface area contributed by atoms with E-state index in [9.17, 15) is 9.59 Å². The third-order valence-electron chi connectivity index (χ3n) is 3.74. The smallest absolute Gasteiger partial charge is 0.270 e. The summed E-state index contributed by atoms with van der Waals surface area (Å²) in [5, 5.41) is 6.01. The minimum atomic E-state index is -0.382. The van der Waals surface area contributed by atoms with E-state index in [2.05, 4.69) is 21.7 Å². The maximum Gasteiger partial charge on any atom is 0.270 e. The third-order valence-corrected chi connectivity index (χ3v) is 3.74. The number of pyridine rings is 1. The van der Waals surface area contributed by atoms with Gasteiger partial charge in [0.2, 0.25) is 0 Å². The highest BCUT2D eigenvalue weighted by molar-refractivity contribution is 5.93. The summed E-state index contributed by atoms with van der Waals surface area (Å²) in [6.45, 7) is 4.14. The molecule has 0 aromatic carbocycles. The first-order chi connectivity index (χ1) is 10.6. The number of aryl methyl sites for hydroxylation is 1. The van der Waals surface area contributed by atoms with Crippen LogP contribution in [-0.4, -0.2) is 34.9 Å². The molecule has 0 radical (unpaired) electrons. The number of hydrogen-bond acceptors (Lipinski definition) is 4. The largest absolute Gasteiger partial charge is 0.348 e. The van der Waals surface area contributed by atoms with Gasteiger partial charge in [0.25, 0.3) is 11.5 Å². The SMILES string of the molecule is Cc1ccn2c(=O)c(C(=O)NCC3=CCNCC3)cnc2c1. The van der Waals surface area contributed by atoms with E-state index in [1.54, 1.807) is 6.20 Å². The van der Waals surface area contributed by atoms with E-state index in [1.807, 2.05) is 19.1 Å². The lowest BCUT2D eigenvalue weighted by Crippen LogP contribution is -2.34. The number of nitrogens with zero attached hydrogens (tertiary/aromatic N) is 2. The molecular formula is C16H18N4O2. The summed E-state index contributed by atoms with van der Waals surface area (Å²) in [5.74, 6) is -0.382. The lowest BCUT2D eigenvalue weighted by atomic mass is 10.1. The Morgan fingerprint density at radius 2 is 2.36 bits per heavy atom. The van der Waals surface area contributed by atoms with Gasteiger partial charge in [0.15, 0.2) is 0 Å². The summed E-state index contributed by atoms with van der Waals surface area (Å²) < 4.78 is 1.39. The van der Waals surface area contributed by atoms with Crippen molar-refractivity contribution >= 4 is 11.6 Å². The molecule has 6 heteroatoms. The molecule has 22 heavy (non-hydrogen) atoms. The van der Waals surface area contributed by atoms with Crippen LogP contribution >= 0.6 is 0 Å². The molecule has 1 amide bonds. The number of aromatic nitrogens is 2. The van der Waals surface area contributed by atoms with Gasteiger partial charge in [-0.2, -0.15) is 0 Å². The maximum absolute atomic E-state index is 12.4. The molecule has 0 aliphatic carbocycles. The second-order valence-corrected chi connectivity index (χ2v) is 5.41. The first kappa shape index (κ1) is 14.5. The molecule has 1 aliphatic heterocycles. The molecule has 1 aliphatic rings. The predicted molar refractivity (Wildman–Crippen MR) is 84.1 cm³/mol. The summed E-state index contributed by atoms with van der Waals surface area (Å²) in [6, 6.07) is 3.63. The highest BCUT2D eigenvalue weighted by Gasteiger charge is 2.14. The normalized spacial score (nSPS) is 14.7. The number of rotatable bonds is 3. The van der Waals surface area contributed by atoms with Gasteiger partial charge in [-0.25, -0.2) is 4.98 Å². The zero-order chi connectivity index (χ0) is 15.5. The van der Waals surface area contributed by atoms with Crippen molar-refractivity contribution < 1.29 is 4.79 Å². The van der Waals surface area contributed by atoms with Crippen LogP contribution < -0.4 is 16.2 Å². The number of carbonyl (C=O) groups excluding carboxylic acids is 1. The molecule has 2 N–H and O–H groups in total. The van der Waals surface area contributed by atoms with E-state index >= 15 is 0 Å². The van der Waals surface area contributed by atoms with Crippen molar-refractivity contribution in [2.45, 2.75) is 13.3 Å². The van der Waals surface area contributed by atoms with Gasteiger partial charge in [-0.1, -0.05) is 11.6 Å². The van der Waals surface area contributed by atoms with Crippen molar-refractivity contribution in [2.24, 2.45) is 0 Å². The molecule has 2 aromatic heterocycles. The van der Waals surface area contributed by atoms with E-state index in [-0.39, 0.29) is 17.0 Å². The van der Waals surface area contributed by atoms with Crippen molar-refractivity contribution in [3.63, 3.8) is 0 Å². The summed E-state index contributed by atoms with van der Waals surface area (Å²) in [4.78, 5) is 28.8. The molecule has 0 saturated carbocycles. The monoisotopic (exact) mass is 298 g/mol. The Hall–Kier alpha value is -2.47. The Balaban J connectivity index is 1.82. The van der Waals surface area contributed by atoms with Crippen LogP contribution in [0.15, 0.2) is 41.0 Å². The standard InChI is InChI=1S/C16H18N4O2/c1-11-4-7-20-14(8-11)18-10-13(16(20)22)15(21)19-9-12-2-5-17-6-3-12/h2,4,7-8,10,17H,3,5-6,9H2,1H3,(H,19,21). The molecule has 3 heterocycles. The predicted octanol–water partition coefficient (Wildman–Crippen LogP) is 0.652. The fourth-order valence-electron chi connectivity index (χ4n) is 2.45. The fourth-order valence-corrected chi connectivity index (χ4v) is 2.45. The summed E-state index contributed by atoms with van der Waals surface area (Å²) in [6.07, 6.45) is 5.97. The minimum absolute atomic E-state index is 0.0656. The number of hydrogen-bond donors (Lipinski definition) is 2. The molecule has 0 spiro atoms. The van der Waals surface area contributed by atoms with Crippen molar-refractivity contribution in [2.75, 3.05) is 19.6 Å². The van der Waals surface area contributed by atoms with Crippen molar-refractivity contribution in [1.82, 2.24) is 20.0 Å². The molecule has 114 valence electrons. The van der Waals surface area contributed by atoms with E-state index in [4.69, 9.17) is 0 Å². The molecule has 0 saturated heterocycles. The summed E-state index contributed by atoms with van der Waals surface area (Å²) in [7, 11) is 0. The second-order valence-electron chi connectivity index (χ2n) is 5.41. The quantitative estimate of drug-likeness (QED) is 0.816. The van der Waals surface area contributed by atoms with Crippen LogP contribution in [0.3, 0.4) is 0 Å². The topological polar surface area (TPSA) is 75.5 Å². The summed E-state index contributed by atoms with van der Waals surface area (Å²) >= 11 is 0. The van der Waals surface area contributed by atoms with E-state index in [0.717, 1.165) is 25.1 Å². The van der Waals surface area contributed by atoms with Crippen LogP contribution in [0, 0.1) is 6.92 Å². The van der Waals surface area contributed by atoms with Crippen LogP contribution in [0.2, 0.25) is 0 Å². The summed E-state index contributed by atoms with van der Waals surface area (Å²) in [5.41, 5.74) is 2.46. The minimum Gasteiger partial charge on any atom is -0.348 e. The number of fused-ring (bicyclic) bond motifs is 1. The number of amides is 1. The Kier molecular flexibility index (Phi) is 4.02. The highest BCUT2D eigenvalue weighted by atomic mass is 16.2.